The molecule has 0 spiro atoms. The number of hydrogen-bond donors (Lipinski definition) is 1. The normalized spacial score (nSPS) is 13.2. The summed E-state index contributed by atoms with van der Waals surface area (Å²) in [6.45, 7) is 2.70. The number of aromatic nitrogens is 2. The molecule has 0 aliphatic rings. The van der Waals surface area contributed by atoms with Crippen molar-refractivity contribution in [2.24, 2.45) is 5.73 Å². The Morgan fingerprint density at radius 3 is 3.00 bits per heavy atom. The van der Waals surface area contributed by atoms with Gasteiger partial charge in [-0.05, 0) is 19.2 Å². The molecule has 5 heteroatoms. The zero-order valence-electron chi connectivity index (χ0n) is 7.99. The van der Waals surface area contributed by atoms with Crippen LogP contribution in [0.15, 0.2) is 4.52 Å². The van der Waals surface area contributed by atoms with Crippen molar-refractivity contribution < 1.29 is 4.52 Å². The van der Waals surface area contributed by atoms with Crippen LogP contribution in [-0.4, -0.2) is 22.9 Å². The molecule has 1 unspecified atom stereocenters. The summed E-state index contributed by atoms with van der Waals surface area (Å²) >= 11 is 1.68. The van der Waals surface area contributed by atoms with Crippen LogP contribution in [0.3, 0.4) is 0 Å². The van der Waals surface area contributed by atoms with Gasteiger partial charge in [0, 0.05) is 5.92 Å². The number of hydrogen-bond acceptors (Lipinski definition) is 5. The zero-order valence-corrected chi connectivity index (χ0v) is 8.80. The van der Waals surface area contributed by atoms with E-state index in [9.17, 15) is 0 Å². The van der Waals surface area contributed by atoms with Gasteiger partial charge < -0.3 is 10.3 Å². The lowest BCUT2D eigenvalue weighted by molar-refractivity contribution is 0.352. The molecule has 0 radical (unpaired) electrons. The number of rotatable bonds is 5. The maximum Gasteiger partial charge on any atom is 0.229 e. The monoisotopic (exact) mass is 201 g/mol. The van der Waals surface area contributed by atoms with Crippen molar-refractivity contribution >= 4 is 11.8 Å². The Bertz CT molecular complexity index is 251. The van der Waals surface area contributed by atoms with Gasteiger partial charge in [-0.3, -0.25) is 0 Å². The second kappa shape index (κ2) is 5.24. The largest absolute Gasteiger partial charge is 0.339 e. The van der Waals surface area contributed by atoms with Gasteiger partial charge in [-0.25, -0.2) is 0 Å². The molecule has 0 amide bonds. The van der Waals surface area contributed by atoms with Crippen molar-refractivity contribution in [1.29, 1.82) is 0 Å². The lowest BCUT2D eigenvalue weighted by atomic mass is 10.1. The number of thioether (sulfide) groups is 1. The predicted molar refractivity (Wildman–Crippen MR) is 53.6 cm³/mol. The van der Waals surface area contributed by atoms with E-state index in [1.54, 1.807) is 11.8 Å². The van der Waals surface area contributed by atoms with Gasteiger partial charge in [-0.1, -0.05) is 12.1 Å². The number of nitrogens with zero attached hydrogens (tertiary/aromatic N) is 2. The average Bonchev–Trinajstić information content (AvgIpc) is 2.54. The molecule has 1 rings (SSSR count). The Kier molecular flexibility index (Phi) is 4.24. The van der Waals surface area contributed by atoms with Gasteiger partial charge in [-0.15, -0.1) is 0 Å². The molecule has 0 aromatic carbocycles. The van der Waals surface area contributed by atoms with Crippen LogP contribution in [0.5, 0.6) is 0 Å². The molecule has 1 aromatic rings. The van der Waals surface area contributed by atoms with Gasteiger partial charge in [0.25, 0.3) is 0 Å². The van der Waals surface area contributed by atoms with Crippen LogP contribution in [0, 0.1) is 0 Å². The van der Waals surface area contributed by atoms with Crippen molar-refractivity contribution in [3.8, 4) is 0 Å². The molecule has 4 nitrogen and oxygen atoms in total. The summed E-state index contributed by atoms with van der Waals surface area (Å²) in [7, 11) is 0. The Hall–Kier alpha value is -0.550. The first-order valence-corrected chi connectivity index (χ1v) is 5.68. The maximum absolute atomic E-state index is 5.44. The maximum atomic E-state index is 5.44. The first-order chi connectivity index (χ1) is 6.27. The summed E-state index contributed by atoms with van der Waals surface area (Å²) in [6, 6.07) is 0. The minimum atomic E-state index is 0.271. The fourth-order valence-electron chi connectivity index (χ4n) is 1.03. The number of nitrogens with two attached hydrogens (primary N) is 1. The summed E-state index contributed by atoms with van der Waals surface area (Å²) < 4.78 is 5.10. The summed E-state index contributed by atoms with van der Waals surface area (Å²) in [6.07, 6.45) is 2.90. The smallest absolute Gasteiger partial charge is 0.229 e. The van der Waals surface area contributed by atoms with E-state index in [1.165, 1.54) is 0 Å². The Morgan fingerprint density at radius 1 is 1.62 bits per heavy atom. The summed E-state index contributed by atoms with van der Waals surface area (Å²) in [5, 5.41) is 3.86. The minimum Gasteiger partial charge on any atom is -0.339 e. The molecule has 13 heavy (non-hydrogen) atoms. The Morgan fingerprint density at radius 2 is 2.38 bits per heavy atom. The van der Waals surface area contributed by atoms with E-state index < -0.39 is 0 Å². The van der Waals surface area contributed by atoms with E-state index in [4.69, 9.17) is 10.3 Å². The Labute approximate surface area is 82.3 Å². The molecule has 0 saturated carbocycles. The molecule has 74 valence electrons. The summed E-state index contributed by atoms with van der Waals surface area (Å²) in [5.41, 5.74) is 5.44. The van der Waals surface area contributed by atoms with Crippen molar-refractivity contribution in [3.05, 3.63) is 11.7 Å². The van der Waals surface area contributed by atoms with Crippen LogP contribution >= 0.6 is 11.8 Å². The molecular formula is C8H15N3OS. The summed E-state index contributed by atoms with van der Waals surface area (Å²) in [5.74, 6) is 2.55. The lowest BCUT2D eigenvalue weighted by Gasteiger charge is -2.01. The average molecular weight is 201 g/mol. The van der Waals surface area contributed by atoms with E-state index >= 15 is 0 Å². The van der Waals surface area contributed by atoms with E-state index in [2.05, 4.69) is 10.1 Å². The molecule has 1 atom stereocenters. The first kappa shape index (κ1) is 10.5. The second-order valence-corrected chi connectivity index (χ2v) is 3.83. The van der Waals surface area contributed by atoms with Gasteiger partial charge >= 0.3 is 0 Å². The SMILES string of the molecule is CSCc1noc(C(C)CCN)n1. The first-order valence-electron chi connectivity index (χ1n) is 4.29. The third kappa shape index (κ3) is 3.00. The summed E-state index contributed by atoms with van der Waals surface area (Å²) in [4.78, 5) is 4.26. The third-order valence-corrected chi connectivity index (χ3v) is 2.33. The molecule has 1 heterocycles. The minimum absolute atomic E-state index is 0.271. The highest BCUT2D eigenvalue weighted by atomic mass is 32.2. The van der Waals surface area contributed by atoms with Crippen molar-refractivity contribution in [2.75, 3.05) is 12.8 Å². The van der Waals surface area contributed by atoms with Crippen molar-refractivity contribution in [3.63, 3.8) is 0 Å². The van der Waals surface area contributed by atoms with Crippen LogP contribution in [0.1, 0.15) is 31.0 Å². The van der Waals surface area contributed by atoms with E-state index in [0.717, 1.165) is 18.0 Å². The standard InChI is InChI=1S/C8H15N3OS/c1-6(3-4-9)8-10-7(5-13-2)11-12-8/h6H,3-5,9H2,1-2H3. The predicted octanol–water partition coefficient (Wildman–Crippen LogP) is 1.38. The molecule has 2 N–H and O–H groups in total. The van der Waals surface area contributed by atoms with Gasteiger partial charge in [0.05, 0.1) is 5.75 Å². The van der Waals surface area contributed by atoms with Gasteiger partial charge in [0.15, 0.2) is 5.82 Å². The highest BCUT2D eigenvalue weighted by molar-refractivity contribution is 7.97. The van der Waals surface area contributed by atoms with Crippen molar-refractivity contribution in [1.82, 2.24) is 10.1 Å². The molecule has 0 aliphatic heterocycles. The van der Waals surface area contributed by atoms with Gasteiger partial charge in [0.1, 0.15) is 0 Å². The van der Waals surface area contributed by atoms with Crippen LogP contribution in [0.4, 0.5) is 0 Å². The zero-order chi connectivity index (χ0) is 9.68. The third-order valence-electron chi connectivity index (χ3n) is 1.78. The Balaban J connectivity index is 2.56. The van der Waals surface area contributed by atoms with Crippen LogP contribution in [0.25, 0.3) is 0 Å². The second-order valence-electron chi connectivity index (χ2n) is 2.96. The topological polar surface area (TPSA) is 64.9 Å². The molecule has 0 fully saturated rings. The quantitative estimate of drug-likeness (QED) is 0.779. The lowest BCUT2D eigenvalue weighted by Crippen LogP contribution is -2.04. The fourth-order valence-corrected chi connectivity index (χ4v) is 1.40. The highest BCUT2D eigenvalue weighted by Gasteiger charge is 2.12. The molecule has 0 bridgehead atoms. The fraction of sp³-hybridized carbons (Fsp3) is 0.750. The van der Waals surface area contributed by atoms with E-state index in [-0.39, 0.29) is 5.92 Å². The molecular weight excluding hydrogens is 186 g/mol. The molecule has 0 aliphatic carbocycles. The van der Waals surface area contributed by atoms with Crippen LogP contribution in [0.2, 0.25) is 0 Å². The van der Waals surface area contributed by atoms with Crippen molar-refractivity contribution in [2.45, 2.75) is 25.0 Å². The van der Waals surface area contributed by atoms with Crippen LogP contribution < -0.4 is 5.73 Å². The van der Waals surface area contributed by atoms with Gasteiger partial charge in [0.2, 0.25) is 5.89 Å². The van der Waals surface area contributed by atoms with E-state index in [1.807, 2.05) is 13.2 Å². The van der Waals surface area contributed by atoms with E-state index in [0.29, 0.717) is 12.4 Å². The molecule has 0 saturated heterocycles. The van der Waals surface area contributed by atoms with Crippen LogP contribution in [-0.2, 0) is 5.75 Å². The van der Waals surface area contributed by atoms with Gasteiger partial charge in [-0.2, -0.15) is 16.7 Å². The molecule has 1 aromatic heterocycles. The highest BCUT2D eigenvalue weighted by Crippen LogP contribution is 2.16.